The molecule has 0 unspecified atom stereocenters. The molecule has 0 aliphatic carbocycles. The zero-order chi connectivity index (χ0) is 14.5. The maximum absolute atomic E-state index is 11.5. The fourth-order valence-electron chi connectivity index (χ4n) is 1.33. The van der Waals surface area contributed by atoms with Crippen molar-refractivity contribution in [3.05, 3.63) is 29.6 Å². The van der Waals surface area contributed by atoms with Crippen molar-refractivity contribution in [1.82, 2.24) is 4.98 Å². The van der Waals surface area contributed by atoms with Crippen molar-refractivity contribution in [3.8, 4) is 0 Å². The van der Waals surface area contributed by atoms with E-state index in [-0.39, 0.29) is 0 Å². The molecule has 5 heteroatoms. The van der Waals surface area contributed by atoms with Gasteiger partial charge >= 0.3 is 11.9 Å². The summed E-state index contributed by atoms with van der Waals surface area (Å²) < 4.78 is 9.97. The molecule has 0 aliphatic rings. The van der Waals surface area contributed by atoms with Gasteiger partial charge in [0.15, 0.2) is 0 Å². The fourth-order valence-corrected chi connectivity index (χ4v) is 1.33. The molecule has 1 heterocycles. The number of nitrogens with one attached hydrogen (secondary N) is 1. The lowest BCUT2D eigenvalue weighted by molar-refractivity contribution is -0.148. The molecule has 0 radical (unpaired) electrons. The van der Waals surface area contributed by atoms with Crippen LogP contribution in [0, 0.1) is 0 Å². The minimum Gasteiger partial charge on any atom is -0.461 e. The number of ether oxygens (including phenoxy) is 2. The molecule has 104 valence electrons. The standard InChI is InChI=1S/C14H19NO4/c1-5-18-13(17)11-8-6-10(15-11)7-9-12(16)19-14(2,3)4/h6-9,15H,5H2,1-4H3/b9-7+. The van der Waals surface area contributed by atoms with Crippen LogP contribution >= 0.6 is 0 Å². The molecule has 1 aromatic heterocycles. The first kappa shape index (κ1) is 15.0. The molecule has 0 aliphatic heterocycles. The predicted octanol–water partition coefficient (Wildman–Crippen LogP) is 2.55. The number of carbonyl (C=O) groups excluding carboxylic acids is 2. The van der Waals surface area contributed by atoms with E-state index < -0.39 is 17.5 Å². The van der Waals surface area contributed by atoms with Gasteiger partial charge in [0.05, 0.1) is 6.61 Å². The highest BCUT2D eigenvalue weighted by atomic mass is 16.6. The molecular formula is C14H19NO4. The molecule has 5 nitrogen and oxygen atoms in total. The Bertz CT molecular complexity index is 480. The van der Waals surface area contributed by atoms with E-state index in [1.165, 1.54) is 6.08 Å². The molecule has 0 saturated carbocycles. The molecule has 0 aromatic carbocycles. The van der Waals surface area contributed by atoms with Gasteiger partial charge in [0.2, 0.25) is 0 Å². The van der Waals surface area contributed by atoms with Crippen molar-refractivity contribution < 1.29 is 19.1 Å². The SMILES string of the molecule is CCOC(=O)c1ccc(/C=C/C(=O)OC(C)(C)C)[nH]1. The van der Waals surface area contributed by atoms with E-state index in [0.29, 0.717) is 18.0 Å². The third-order valence-corrected chi connectivity index (χ3v) is 2.01. The second kappa shape index (κ2) is 6.22. The second-order valence-electron chi connectivity index (χ2n) is 4.91. The van der Waals surface area contributed by atoms with Crippen molar-refractivity contribution in [2.75, 3.05) is 6.61 Å². The Morgan fingerprint density at radius 3 is 2.58 bits per heavy atom. The minimum absolute atomic E-state index is 0.320. The Hall–Kier alpha value is -2.04. The van der Waals surface area contributed by atoms with Crippen LogP contribution < -0.4 is 0 Å². The average molecular weight is 265 g/mol. The van der Waals surface area contributed by atoms with Gasteiger partial charge in [-0.15, -0.1) is 0 Å². The van der Waals surface area contributed by atoms with Gasteiger partial charge in [-0.25, -0.2) is 9.59 Å². The molecule has 0 spiro atoms. The summed E-state index contributed by atoms with van der Waals surface area (Å²) in [6.45, 7) is 7.45. The molecule has 0 amide bonds. The van der Waals surface area contributed by atoms with Crippen LogP contribution in [0.5, 0.6) is 0 Å². The van der Waals surface area contributed by atoms with Crippen LogP contribution in [0.1, 0.15) is 43.9 Å². The second-order valence-corrected chi connectivity index (χ2v) is 4.91. The van der Waals surface area contributed by atoms with Crippen LogP contribution in [0.25, 0.3) is 6.08 Å². The van der Waals surface area contributed by atoms with Gasteiger partial charge in [-0.3, -0.25) is 0 Å². The maximum atomic E-state index is 11.5. The van der Waals surface area contributed by atoms with Crippen molar-refractivity contribution in [3.63, 3.8) is 0 Å². The summed E-state index contributed by atoms with van der Waals surface area (Å²) in [6, 6.07) is 3.29. The third-order valence-electron chi connectivity index (χ3n) is 2.01. The lowest BCUT2D eigenvalue weighted by atomic mass is 10.2. The van der Waals surface area contributed by atoms with Crippen molar-refractivity contribution in [2.45, 2.75) is 33.3 Å². The molecular weight excluding hydrogens is 246 g/mol. The summed E-state index contributed by atoms with van der Waals surface area (Å²) in [5.74, 6) is -0.848. The summed E-state index contributed by atoms with van der Waals surface area (Å²) in [6.07, 6.45) is 2.86. The normalized spacial score (nSPS) is 11.6. The lowest BCUT2D eigenvalue weighted by Crippen LogP contribution is -2.22. The predicted molar refractivity (Wildman–Crippen MR) is 71.6 cm³/mol. The van der Waals surface area contributed by atoms with Gasteiger partial charge in [-0.2, -0.15) is 0 Å². The van der Waals surface area contributed by atoms with E-state index in [0.717, 1.165) is 0 Å². The number of hydrogen-bond acceptors (Lipinski definition) is 4. The topological polar surface area (TPSA) is 68.4 Å². The van der Waals surface area contributed by atoms with E-state index in [1.807, 2.05) is 0 Å². The van der Waals surface area contributed by atoms with E-state index in [1.54, 1.807) is 45.9 Å². The number of aromatic amines is 1. The number of esters is 2. The monoisotopic (exact) mass is 265 g/mol. The smallest absolute Gasteiger partial charge is 0.354 e. The number of H-pyrrole nitrogens is 1. The molecule has 1 rings (SSSR count). The summed E-state index contributed by atoms with van der Waals surface area (Å²) >= 11 is 0. The highest BCUT2D eigenvalue weighted by Crippen LogP contribution is 2.09. The largest absolute Gasteiger partial charge is 0.461 e. The summed E-state index contributed by atoms with van der Waals surface area (Å²) in [4.78, 5) is 25.7. The lowest BCUT2D eigenvalue weighted by Gasteiger charge is -2.17. The van der Waals surface area contributed by atoms with Crippen LogP contribution in [0.15, 0.2) is 18.2 Å². The van der Waals surface area contributed by atoms with E-state index >= 15 is 0 Å². The molecule has 1 N–H and O–H groups in total. The van der Waals surface area contributed by atoms with Gasteiger partial charge in [-0.1, -0.05) is 0 Å². The van der Waals surface area contributed by atoms with Gasteiger partial charge < -0.3 is 14.5 Å². The van der Waals surface area contributed by atoms with Gasteiger partial charge in [-0.05, 0) is 45.9 Å². The summed E-state index contributed by atoms with van der Waals surface area (Å²) in [5.41, 5.74) is 0.465. The zero-order valence-corrected chi connectivity index (χ0v) is 11.6. The number of rotatable bonds is 4. The molecule has 0 saturated heterocycles. The van der Waals surface area contributed by atoms with E-state index in [2.05, 4.69) is 4.98 Å². The Labute approximate surface area is 112 Å². The van der Waals surface area contributed by atoms with Crippen LogP contribution in [0.2, 0.25) is 0 Å². The minimum atomic E-state index is -0.521. The molecule has 19 heavy (non-hydrogen) atoms. The molecule has 0 fully saturated rings. The molecule has 1 aromatic rings. The number of hydrogen-bond donors (Lipinski definition) is 1. The Kier molecular flexibility index (Phi) is 4.92. The van der Waals surface area contributed by atoms with Crippen molar-refractivity contribution >= 4 is 18.0 Å². The summed E-state index contributed by atoms with van der Waals surface area (Å²) in [7, 11) is 0. The highest BCUT2D eigenvalue weighted by Gasteiger charge is 2.14. The third kappa shape index (κ3) is 5.42. The quantitative estimate of drug-likeness (QED) is 0.671. The van der Waals surface area contributed by atoms with Crippen LogP contribution in [-0.2, 0) is 14.3 Å². The first-order valence-electron chi connectivity index (χ1n) is 6.09. The Balaban J connectivity index is 2.63. The first-order valence-corrected chi connectivity index (χ1v) is 6.09. The average Bonchev–Trinajstić information content (AvgIpc) is 2.73. The van der Waals surface area contributed by atoms with Gasteiger partial charge in [0.1, 0.15) is 11.3 Å². The van der Waals surface area contributed by atoms with Crippen LogP contribution in [0.3, 0.4) is 0 Å². The summed E-state index contributed by atoms with van der Waals surface area (Å²) in [5, 5.41) is 0. The Morgan fingerprint density at radius 2 is 2.00 bits per heavy atom. The number of carbonyl (C=O) groups is 2. The van der Waals surface area contributed by atoms with Gasteiger partial charge in [0, 0.05) is 11.8 Å². The first-order chi connectivity index (χ1) is 8.81. The fraction of sp³-hybridized carbons (Fsp3) is 0.429. The molecule has 0 atom stereocenters. The molecule has 0 bridgehead atoms. The Morgan fingerprint density at radius 1 is 1.32 bits per heavy atom. The van der Waals surface area contributed by atoms with E-state index in [9.17, 15) is 9.59 Å². The van der Waals surface area contributed by atoms with Crippen molar-refractivity contribution in [2.24, 2.45) is 0 Å². The maximum Gasteiger partial charge on any atom is 0.354 e. The van der Waals surface area contributed by atoms with E-state index in [4.69, 9.17) is 9.47 Å². The van der Waals surface area contributed by atoms with Crippen LogP contribution in [0.4, 0.5) is 0 Å². The van der Waals surface area contributed by atoms with Crippen LogP contribution in [-0.4, -0.2) is 29.1 Å². The number of aromatic nitrogens is 1. The zero-order valence-electron chi connectivity index (χ0n) is 11.6. The van der Waals surface area contributed by atoms with Gasteiger partial charge in [0.25, 0.3) is 0 Å². The van der Waals surface area contributed by atoms with Crippen molar-refractivity contribution in [1.29, 1.82) is 0 Å². The highest BCUT2D eigenvalue weighted by molar-refractivity contribution is 5.89.